The summed E-state index contributed by atoms with van der Waals surface area (Å²) in [6.07, 6.45) is 1.70. The van der Waals surface area contributed by atoms with E-state index in [4.69, 9.17) is 21.1 Å². The van der Waals surface area contributed by atoms with Crippen molar-refractivity contribution < 1.29 is 23.5 Å². The van der Waals surface area contributed by atoms with Gasteiger partial charge in [-0.05, 0) is 76.3 Å². The third kappa shape index (κ3) is 6.22. The number of halogens is 2. The number of benzene rings is 2. The van der Waals surface area contributed by atoms with E-state index in [9.17, 15) is 14.0 Å². The second kappa shape index (κ2) is 9.90. The second-order valence-corrected chi connectivity index (χ2v) is 9.67. The maximum atomic E-state index is 13.9. The number of rotatable bonds is 5. The van der Waals surface area contributed by atoms with Crippen LogP contribution >= 0.6 is 11.6 Å². The predicted octanol–water partition coefficient (Wildman–Crippen LogP) is 6.04. The topological polar surface area (TPSA) is 64.6 Å². The molecule has 0 atom stereocenters. The molecule has 172 valence electrons. The summed E-state index contributed by atoms with van der Waals surface area (Å²) in [5.74, 6) is -1.25. The third-order valence-corrected chi connectivity index (χ3v) is 5.90. The van der Waals surface area contributed by atoms with Gasteiger partial charge in [-0.1, -0.05) is 35.9 Å². The molecular formula is C25H29ClFNO4. The average molecular weight is 462 g/mol. The van der Waals surface area contributed by atoms with Crippen molar-refractivity contribution in [3.63, 3.8) is 0 Å². The molecule has 2 aromatic rings. The first-order chi connectivity index (χ1) is 15.1. The molecule has 0 aromatic heterocycles. The first-order valence-electron chi connectivity index (χ1n) is 10.8. The van der Waals surface area contributed by atoms with Crippen LogP contribution in [-0.4, -0.2) is 30.3 Å². The van der Waals surface area contributed by atoms with Crippen LogP contribution in [0, 0.1) is 5.82 Å². The van der Waals surface area contributed by atoms with Crippen molar-refractivity contribution in [2.45, 2.75) is 63.6 Å². The minimum absolute atomic E-state index is 0.0641. The highest BCUT2D eigenvalue weighted by atomic mass is 35.5. The van der Waals surface area contributed by atoms with Crippen molar-refractivity contribution in [2.75, 3.05) is 6.54 Å². The second-order valence-electron chi connectivity index (χ2n) is 9.23. The fourth-order valence-electron chi connectivity index (χ4n) is 4.04. The molecule has 3 rings (SSSR count). The predicted molar refractivity (Wildman–Crippen MR) is 121 cm³/mol. The van der Waals surface area contributed by atoms with Gasteiger partial charge in [0, 0.05) is 17.0 Å². The van der Waals surface area contributed by atoms with Crippen LogP contribution in [0.4, 0.5) is 9.18 Å². The lowest BCUT2D eigenvalue weighted by atomic mass is 9.68. The monoisotopic (exact) mass is 461 g/mol. The first kappa shape index (κ1) is 24.1. The summed E-state index contributed by atoms with van der Waals surface area (Å²) in [5, 5.41) is 3.51. The summed E-state index contributed by atoms with van der Waals surface area (Å²) >= 11 is 6.24. The SMILES string of the molecule is CC(C)(C)OC(=O)NC[C@]1(c2cccc(Cl)c2)CC[C@@H](OC(=O)c2ccccc2F)CC1. The summed E-state index contributed by atoms with van der Waals surface area (Å²) in [4.78, 5) is 24.7. The number of hydrogen-bond acceptors (Lipinski definition) is 4. The van der Waals surface area contributed by atoms with Gasteiger partial charge in [0.1, 0.15) is 17.5 Å². The molecule has 0 bridgehead atoms. The Hall–Kier alpha value is -2.60. The number of carbonyl (C=O) groups is 2. The molecule has 1 N–H and O–H groups in total. The number of carbonyl (C=O) groups excluding carboxylic acids is 2. The summed E-state index contributed by atoms with van der Waals surface area (Å²) in [6, 6.07) is 13.4. The van der Waals surface area contributed by atoms with Crippen LogP contribution in [-0.2, 0) is 14.9 Å². The van der Waals surface area contributed by atoms with Crippen LogP contribution in [0.3, 0.4) is 0 Å². The zero-order valence-electron chi connectivity index (χ0n) is 18.6. The van der Waals surface area contributed by atoms with Gasteiger partial charge in [0.2, 0.25) is 0 Å². The molecule has 1 aliphatic carbocycles. The smallest absolute Gasteiger partial charge is 0.407 e. The lowest BCUT2D eigenvalue weighted by Crippen LogP contribution is -2.46. The zero-order chi connectivity index (χ0) is 23.4. The number of nitrogens with one attached hydrogen (secondary N) is 1. The first-order valence-corrected chi connectivity index (χ1v) is 11.1. The van der Waals surface area contributed by atoms with Gasteiger partial charge in [0.05, 0.1) is 5.56 Å². The lowest BCUT2D eigenvalue weighted by Gasteiger charge is -2.40. The number of alkyl carbamates (subject to hydrolysis) is 1. The number of ether oxygens (including phenoxy) is 2. The van der Waals surface area contributed by atoms with E-state index < -0.39 is 23.5 Å². The van der Waals surface area contributed by atoms with E-state index in [1.54, 1.807) is 6.07 Å². The molecule has 32 heavy (non-hydrogen) atoms. The summed E-state index contributed by atoms with van der Waals surface area (Å²) < 4.78 is 24.9. The Kier molecular flexibility index (Phi) is 7.44. The Labute approximate surface area is 193 Å². The summed E-state index contributed by atoms with van der Waals surface area (Å²) in [7, 11) is 0. The number of esters is 1. The lowest BCUT2D eigenvalue weighted by molar-refractivity contribution is 0.0127. The molecule has 0 heterocycles. The molecule has 0 unspecified atom stereocenters. The van der Waals surface area contributed by atoms with Crippen LogP contribution in [0.25, 0.3) is 0 Å². The minimum atomic E-state index is -0.657. The Morgan fingerprint density at radius 3 is 2.44 bits per heavy atom. The molecule has 1 amide bonds. The van der Waals surface area contributed by atoms with Crippen molar-refractivity contribution in [1.29, 1.82) is 0 Å². The maximum Gasteiger partial charge on any atom is 0.407 e. The van der Waals surface area contributed by atoms with Crippen molar-refractivity contribution in [3.8, 4) is 0 Å². The number of hydrogen-bond donors (Lipinski definition) is 1. The maximum absolute atomic E-state index is 13.9. The Balaban J connectivity index is 1.70. The van der Waals surface area contributed by atoms with E-state index in [1.807, 2.05) is 45.0 Å². The molecule has 0 radical (unpaired) electrons. The van der Waals surface area contributed by atoms with Crippen LogP contribution in [0.1, 0.15) is 62.4 Å². The third-order valence-electron chi connectivity index (χ3n) is 5.66. The van der Waals surface area contributed by atoms with E-state index in [2.05, 4.69) is 5.32 Å². The molecule has 1 saturated carbocycles. The molecule has 0 saturated heterocycles. The Morgan fingerprint density at radius 2 is 1.81 bits per heavy atom. The zero-order valence-corrected chi connectivity index (χ0v) is 19.4. The average Bonchev–Trinajstić information content (AvgIpc) is 2.72. The highest BCUT2D eigenvalue weighted by molar-refractivity contribution is 6.30. The van der Waals surface area contributed by atoms with E-state index in [1.165, 1.54) is 18.2 Å². The molecule has 2 aromatic carbocycles. The summed E-state index contributed by atoms with van der Waals surface area (Å²) in [6.45, 7) is 5.81. The van der Waals surface area contributed by atoms with Crippen molar-refractivity contribution in [3.05, 3.63) is 70.5 Å². The molecule has 7 heteroatoms. The van der Waals surface area contributed by atoms with Gasteiger partial charge in [0.25, 0.3) is 0 Å². The molecule has 5 nitrogen and oxygen atoms in total. The van der Waals surface area contributed by atoms with Crippen molar-refractivity contribution in [1.82, 2.24) is 5.32 Å². The van der Waals surface area contributed by atoms with Crippen LogP contribution < -0.4 is 5.32 Å². The van der Waals surface area contributed by atoms with Gasteiger partial charge in [-0.25, -0.2) is 14.0 Å². The van der Waals surface area contributed by atoms with Gasteiger partial charge in [-0.3, -0.25) is 0 Å². The molecule has 0 aliphatic heterocycles. The van der Waals surface area contributed by atoms with Gasteiger partial charge in [0.15, 0.2) is 0 Å². The van der Waals surface area contributed by atoms with E-state index in [0.29, 0.717) is 37.3 Å². The van der Waals surface area contributed by atoms with Gasteiger partial charge >= 0.3 is 12.1 Å². The number of amides is 1. The Bertz CT molecular complexity index is 964. The minimum Gasteiger partial charge on any atom is -0.459 e. The summed E-state index contributed by atoms with van der Waals surface area (Å²) in [5.41, 5.74) is -0.0140. The van der Waals surface area contributed by atoms with Crippen molar-refractivity contribution in [2.24, 2.45) is 0 Å². The van der Waals surface area contributed by atoms with Gasteiger partial charge in [-0.2, -0.15) is 0 Å². The van der Waals surface area contributed by atoms with E-state index >= 15 is 0 Å². The van der Waals surface area contributed by atoms with Crippen molar-refractivity contribution >= 4 is 23.7 Å². The standard InChI is InChI=1S/C25H29ClFNO4/c1-24(2,3)32-23(30)28-16-25(17-7-6-8-18(26)15-17)13-11-19(12-14-25)31-22(29)20-9-4-5-10-21(20)27/h4-10,15,19H,11-14,16H2,1-3H3,(H,28,30)/t19-,25+. The van der Waals surface area contributed by atoms with Crippen LogP contribution in [0.2, 0.25) is 5.02 Å². The fourth-order valence-corrected chi connectivity index (χ4v) is 4.24. The Morgan fingerprint density at radius 1 is 1.12 bits per heavy atom. The largest absolute Gasteiger partial charge is 0.459 e. The molecule has 1 fully saturated rings. The van der Waals surface area contributed by atoms with Gasteiger partial charge < -0.3 is 14.8 Å². The van der Waals surface area contributed by atoms with E-state index in [0.717, 1.165) is 5.56 Å². The quantitative estimate of drug-likeness (QED) is 0.551. The normalized spacial score (nSPS) is 21.0. The fraction of sp³-hybridized carbons (Fsp3) is 0.440. The molecule has 1 aliphatic rings. The van der Waals surface area contributed by atoms with Crippen LogP contribution in [0.15, 0.2) is 48.5 Å². The highest BCUT2D eigenvalue weighted by Gasteiger charge is 2.39. The molecule has 0 spiro atoms. The van der Waals surface area contributed by atoms with E-state index in [-0.39, 0.29) is 17.1 Å². The van der Waals surface area contributed by atoms with Gasteiger partial charge in [-0.15, -0.1) is 0 Å². The highest BCUT2D eigenvalue weighted by Crippen LogP contribution is 2.41. The van der Waals surface area contributed by atoms with Crippen LogP contribution in [0.5, 0.6) is 0 Å². The molecular weight excluding hydrogens is 433 g/mol.